The van der Waals surface area contributed by atoms with Gasteiger partial charge in [0.2, 0.25) is 0 Å². The molecule has 1 N–H and O–H groups in total. The van der Waals surface area contributed by atoms with Crippen LogP contribution in [0.2, 0.25) is 0 Å². The van der Waals surface area contributed by atoms with Crippen molar-refractivity contribution in [2.75, 3.05) is 18.2 Å². The number of nitrogens with zero attached hydrogens (tertiary/aromatic N) is 7. The minimum atomic E-state index is -3.61. The Morgan fingerprint density at radius 2 is 1.81 bits per heavy atom. The zero-order chi connectivity index (χ0) is 30.5. The summed E-state index contributed by atoms with van der Waals surface area (Å²) >= 11 is 0. The lowest BCUT2D eigenvalue weighted by atomic mass is 10.1. The number of ether oxygens (including phenoxy) is 1. The maximum Gasteiger partial charge on any atom is 0.177 e. The second-order valence-electron chi connectivity index (χ2n) is 11.3. The molecule has 6 rings (SSSR count). The zero-order valence-corrected chi connectivity index (χ0v) is 26.2. The van der Waals surface area contributed by atoms with E-state index in [-0.39, 0.29) is 11.1 Å². The number of pyridine rings is 1. The van der Waals surface area contributed by atoms with E-state index in [2.05, 4.69) is 20.0 Å². The quantitative estimate of drug-likeness (QED) is 0.265. The summed E-state index contributed by atoms with van der Waals surface area (Å²) in [4.78, 5) is 19.3. The number of anilines is 2. The summed E-state index contributed by atoms with van der Waals surface area (Å²) in [6.07, 6.45) is 8.14. The van der Waals surface area contributed by atoms with Gasteiger partial charge in [-0.15, -0.1) is 0 Å². The fourth-order valence-corrected chi connectivity index (χ4v) is 6.52. The molecule has 0 saturated carbocycles. The number of aromatic nitrogens is 7. The van der Waals surface area contributed by atoms with E-state index in [4.69, 9.17) is 19.7 Å². The predicted molar refractivity (Wildman–Crippen MR) is 165 cm³/mol. The van der Waals surface area contributed by atoms with Gasteiger partial charge in [-0.3, -0.25) is 19.2 Å². The lowest BCUT2D eigenvalue weighted by molar-refractivity contribution is -0.0309. The van der Waals surface area contributed by atoms with Crippen molar-refractivity contribution in [3.05, 3.63) is 70.8 Å². The van der Waals surface area contributed by atoms with E-state index in [1.165, 1.54) is 6.26 Å². The van der Waals surface area contributed by atoms with Crippen molar-refractivity contribution < 1.29 is 13.2 Å². The van der Waals surface area contributed by atoms with E-state index in [0.717, 1.165) is 64.7 Å². The Hall–Kier alpha value is -4.16. The molecule has 0 radical (unpaired) electrons. The molecule has 0 bridgehead atoms. The highest BCUT2D eigenvalue weighted by Gasteiger charge is 2.25. The van der Waals surface area contributed by atoms with Crippen LogP contribution in [0.5, 0.6) is 0 Å². The summed E-state index contributed by atoms with van der Waals surface area (Å²) < 4.78 is 36.1. The molecule has 12 heteroatoms. The topological polar surface area (TPSA) is 130 Å². The van der Waals surface area contributed by atoms with Crippen molar-refractivity contribution in [3.8, 4) is 11.3 Å². The highest BCUT2D eigenvalue weighted by atomic mass is 32.2. The van der Waals surface area contributed by atoms with Crippen LogP contribution in [-0.2, 0) is 28.0 Å². The minimum absolute atomic E-state index is 0.164. The van der Waals surface area contributed by atoms with E-state index in [1.54, 1.807) is 23.0 Å². The fourth-order valence-electron chi connectivity index (χ4n) is 5.66. The third kappa shape index (κ3) is 5.76. The first-order chi connectivity index (χ1) is 20.5. The van der Waals surface area contributed by atoms with Crippen LogP contribution in [0.25, 0.3) is 22.4 Å². The second kappa shape index (κ2) is 11.2. The summed E-state index contributed by atoms with van der Waals surface area (Å²) in [7, 11) is -1.76. The average molecular weight is 601 g/mol. The number of nitrogens with one attached hydrogen (secondary N) is 1. The molecule has 1 atom stereocenters. The first kappa shape index (κ1) is 28.9. The number of imidazole rings is 1. The number of hydrogen-bond acceptors (Lipinski definition) is 9. The molecule has 1 saturated heterocycles. The van der Waals surface area contributed by atoms with Crippen LogP contribution in [0.15, 0.2) is 41.6 Å². The third-order valence-corrected chi connectivity index (χ3v) is 9.00. The Labute approximate surface area is 251 Å². The Morgan fingerprint density at radius 1 is 1.00 bits per heavy atom. The van der Waals surface area contributed by atoms with Gasteiger partial charge in [-0.05, 0) is 70.7 Å². The normalized spacial score (nSPS) is 15.7. The van der Waals surface area contributed by atoms with E-state index < -0.39 is 9.84 Å². The van der Waals surface area contributed by atoms with E-state index in [0.29, 0.717) is 35.6 Å². The molecule has 4 aromatic heterocycles. The molecular formula is C31H36N8O3S. The summed E-state index contributed by atoms with van der Waals surface area (Å²) in [6, 6.07) is 7.27. The van der Waals surface area contributed by atoms with Gasteiger partial charge in [0, 0.05) is 44.3 Å². The van der Waals surface area contributed by atoms with E-state index >= 15 is 0 Å². The van der Waals surface area contributed by atoms with Crippen LogP contribution >= 0.6 is 0 Å². The van der Waals surface area contributed by atoms with Crippen molar-refractivity contribution in [3.63, 3.8) is 0 Å². The molecule has 1 aliphatic heterocycles. The maximum absolute atomic E-state index is 13.1. The van der Waals surface area contributed by atoms with Crippen LogP contribution in [0.4, 0.5) is 11.4 Å². The van der Waals surface area contributed by atoms with Crippen molar-refractivity contribution in [1.29, 1.82) is 0 Å². The largest absolute Gasteiger partial charge is 0.358 e. The summed E-state index contributed by atoms with van der Waals surface area (Å²) in [5, 5.41) is 7.95. The zero-order valence-electron chi connectivity index (χ0n) is 25.3. The van der Waals surface area contributed by atoms with Gasteiger partial charge >= 0.3 is 0 Å². The summed E-state index contributed by atoms with van der Waals surface area (Å²) in [5.41, 5.74) is 8.17. The van der Waals surface area contributed by atoms with Crippen molar-refractivity contribution >= 4 is 32.4 Å². The highest BCUT2D eigenvalue weighted by molar-refractivity contribution is 7.90. The standard InChI is InChI=1S/C31H36N8O3S/c1-18-17-38(5)37-29(18)22-10-11-25(27(13-22)43(6,40)41)36-26-15-23(14-24-16-32-19(2)20(3)33-24)35-31-30(26)34-21(4)39(31)28-9-7-8-12-42-28/h10-11,13,15-17,28H,7-9,12,14H2,1-6H3,(H,35,36). The smallest absolute Gasteiger partial charge is 0.177 e. The Balaban J connectivity index is 1.49. The summed E-state index contributed by atoms with van der Waals surface area (Å²) in [5.74, 6) is 0.782. The number of aryl methyl sites for hydroxylation is 5. The van der Waals surface area contributed by atoms with Crippen molar-refractivity contribution in [2.24, 2.45) is 7.05 Å². The van der Waals surface area contributed by atoms with Crippen molar-refractivity contribution in [2.45, 2.75) is 64.5 Å². The van der Waals surface area contributed by atoms with Gasteiger partial charge in [0.1, 0.15) is 17.6 Å². The first-order valence-corrected chi connectivity index (χ1v) is 16.3. The Kier molecular flexibility index (Phi) is 7.51. The monoisotopic (exact) mass is 600 g/mol. The number of rotatable bonds is 7. The number of hydrogen-bond donors (Lipinski definition) is 1. The third-order valence-electron chi connectivity index (χ3n) is 7.86. The van der Waals surface area contributed by atoms with Gasteiger partial charge < -0.3 is 10.1 Å². The van der Waals surface area contributed by atoms with Crippen LogP contribution in [0.1, 0.15) is 59.7 Å². The highest BCUT2D eigenvalue weighted by Crippen LogP contribution is 2.35. The number of sulfone groups is 1. The lowest BCUT2D eigenvalue weighted by Crippen LogP contribution is -2.19. The van der Waals surface area contributed by atoms with Crippen LogP contribution < -0.4 is 5.32 Å². The van der Waals surface area contributed by atoms with Gasteiger partial charge in [0.05, 0.1) is 44.7 Å². The average Bonchev–Trinajstić information content (AvgIpc) is 3.48. The Bertz CT molecular complexity index is 1960. The molecule has 0 spiro atoms. The molecule has 1 aliphatic rings. The molecule has 1 aromatic carbocycles. The molecule has 0 amide bonds. The predicted octanol–water partition coefficient (Wildman–Crippen LogP) is 5.29. The maximum atomic E-state index is 13.1. The van der Waals surface area contributed by atoms with Crippen LogP contribution in [0.3, 0.4) is 0 Å². The first-order valence-electron chi connectivity index (χ1n) is 14.4. The van der Waals surface area contributed by atoms with Gasteiger partial charge in [-0.1, -0.05) is 6.07 Å². The molecule has 5 heterocycles. The van der Waals surface area contributed by atoms with E-state index in [1.807, 2.05) is 53.1 Å². The fraction of sp³-hybridized carbons (Fsp3) is 0.387. The Morgan fingerprint density at radius 3 is 2.49 bits per heavy atom. The molecule has 224 valence electrons. The van der Waals surface area contributed by atoms with Gasteiger partial charge in [0.25, 0.3) is 0 Å². The molecule has 11 nitrogen and oxygen atoms in total. The van der Waals surface area contributed by atoms with Crippen LogP contribution in [-0.4, -0.2) is 55.6 Å². The minimum Gasteiger partial charge on any atom is -0.358 e. The van der Waals surface area contributed by atoms with Crippen molar-refractivity contribution in [1.82, 2.24) is 34.3 Å². The molecule has 0 aliphatic carbocycles. The molecule has 43 heavy (non-hydrogen) atoms. The van der Waals surface area contributed by atoms with Gasteiger partial charge in [-0.25, -0.2) is 18.4 Å². The molecular weight excluding hydrogens is 564 g/mol. The SMILES string of the molecule is Cc1cn(C)nc1-c1ccc(Nc2cc(Cc3cnc(C)c(C)n3)nc3c2nc(C)n3C2CCCCO2)c(S(C)(=O)=O)c1. The van der Waals surface area contributed by atoms with Gasteiger partial charge in [0.15, 0.2) is 15.5 Å². The second-order valence-corrected chi connectivity index (χ2v) is 13.3. The number of benzene rings is 1. The van der Waals surface area contributed by atoms with E-state index in [9.17, 15) is 8.42 Å². The summed E-state index contributed by atoms with van der Waals surface area (Å²) in [6.45, 7) is 8.47. The number of fused-ring (bicyclic) bond motifs is 1. The molecule has 5 aromatic rings. The molecule has 1 fully saturated rings. The van der Waals surface area contributed by atoms with Gasteiger partial charge in [-0.2, -0.15) is 5.10 Å². The molecule has 1 unspecified atom stereocenters. The lowest BCUT2D eigenvalue weighted by Gasteiger charge is -2.25. The van der Waals surface area contributed by atoms with Crippen LogP contribution in [0, 0.1) is 27.7 Å².